The molecule has 6 heteroatoms. The third-order valence-electron chi connectivity index (χ3n) is 4.14. The molecule has 4 N–H and O–H groups in total. The van der Waals surface area contributed by atoms with E-state index in [9.17, 15) is 9.59 Å². The van der Waals surface area contributed by atoms with Crippen molar-refractivity contribution in [2.75, 3.05) is 13.1 Å². The van der Waals surface area contributed by atoms with Gasteiger partial charge in [-0.05, 0) is 44.6 Å². The van der Waals surface area contributed by atoms with Crippen LogP contribution in [0.25, 0.3) is 0 Å². The maximum atomic E-state index is 11.8. The predicted octanol–water partition coefficient (Wildman–Crippen LogP) is 0.958. The van der Waals surface area contributed by atoms with Gasteiger partial charge in [0, 0.05) is 24.9 Å². The highest BCUT2D eigenvalue weighted by Gasteiger charge is 2.29. The fourth-order valence-electron chi connectivity index (χ4n) is 2.74. The van der Waals surface area contributed by atoms with Gasteiger partial charge in [-0.2, -0.15) is 0 Å². The molecule has 2 atom stereocenters. The van der Waals surface area contributed by atoms with Gasteiger partial charge >= 0.3 is 0 Å². The van der Waals surface area contributed by atoms with Gasteiger partial charge < -0.3 is 16.4 Å². The number of hydrogen-bond donors (Lipinski definition) is 3. The van der Waals surface area contributed by atoms with E-state index >= 15 is 0 Å². The lowest BCUT2D eigenvalue weighted by Crippen LogP contribution is -2.40. The number of nitrogens with one attached hydrogen (secondary N) is 2. The summed E-state index contributed by atoms with van der Waals surface area (Å²) in [5, 5.41) is 5.95. The fourth-order valence-corrected chi connectivity index (χ4v) is 2.74. The zero-order chi connectivity index (χ0) is 13.7. The van der Waals surface area contributed by atoms with Crippen LogP contribution in [0, 0.1) is 11.8 Å². The lowest BCUT2D eigenvalue weighted by atomic mass is 10.0. The Morgan fingerprint density at radius 1 is 1.15 bits per heavy atom. The standard InChI is InChI=1S/C14H25N3O2.ClH/c15-9-11-3-1-4-12(11)17-13(18)5-2-8-16-14(19)10-6-7-10;/h10-12H,1-9,15H2,(H,16,19)(H,17,18);1H. The van der Waals surface area contributed by atoms with Gasteiger partial charge in [0.2, 0.25) is 11.8 Å². The zero-order valence-electron chi connectivity index (χ0n) is 11.9. The summed E-state index contributed by atoms with van der Waals surface area (Å²) in [5.74, 6) is 0.932. The molecule has 2 rings (SSSR count). The van der Waals surface area contributed by atoms with Crippen LogP contribution < -0.4 is 16.4 Å². The highest BCUT2D eigenvalue weighted by Crippen LogP contribution is 2.28. The van der Waals surface area contributed by atoms with Crippen LogP contribution in [0.3, 0.4) is 0 Å². The molecule has 2 amide bonds. The summed E-state index contributed by atoms with van der Waals surface area (Å²) in [7, 11) is 0. The van der Waals surface area contributed by atoms with Crippen molar-refractivity contribution in [1.29, 1.82) is 0 Å². The van der Waals surface area contributed by atoms with Crippen LogP contribution in [0.15, 0.2) is 0 Å². The van der Waals surface area contributed by atoms with Crippen LogP contribution in [-0.2, 0) is 9.59 Å². The molecule has 0 aromatic carbocycles. The van der Waals surface area contributed by atoms with Crippen molar-refractivity contribution < 1.29 is 9.59 Å². The minimum atomic E-state index is 0. The normalized spacial score (nSPS) is 24.9. The van der Waals surface area contributed by atoms with Gasteiger partial charge in [-0.25, -0.2) is 0 Å². The van der Waals surface area contributed by atoms with Gasteiger partial charge in [0.25, 0.3) is 0 Å². The Morgan fingerprint density at radius 3 is 2.55 bits per heavy atom. The smallest absolute Gasteiger partial charge is 0.223 e. The van der Waals surface area contributed by atoms with Gasteiger partial charge in [-0.3, -0.25) is 9.59 Å². The summed E-state index contributed by atoms with van der Waals surface area (Å²) in [6.45, 7) is 1.26. The number of halogens is 1. The van der Waals surface area contributed by atoms with Crippen molar-refractivity contribution in [3.63, 3.8) is 0 Å². The van der Waals surface area contributed by atoms with Gasteiger partial charge in [-0.1, -0.05) is 6.42 Å². The molecule has 0 saturated heterocycles. The van der Waals surface area contributed by atoms with E-state index in [0.29, 0.717) is 31.8 Å². The van der Waals surface area contributed by atoms with Crippen molar-refractivity contribution in [3.8, 4) is 0 Å². The minimum absolute atomic E-state index is 0. The summed E-state index contributed by atoms with van der Waals surface area (Å²) in [5.41, 5.74) is 5.69. The Morgan fingerprint density at radius 2 is 1.90 bits per heavy atom. The molecular formula is C14H26ClN3O2. The second-order valence-electron chi connectivity index (χ2n) is 5.77. The van der Waals surface area contributed by atoms with Gasteiger partial charge in [-0.15, -0.1) is 12.4 Å². The highest BCUT2D eigenvalue weighted by atomic mass is 35.5. The van der Waals surface area contributed by atoms with Gasteiger partial charge in [0.05, 0.1) is 0 Å². The molecule has 0 aromatic heterocycles. The molecule has 2 unspecified atom stereocenters. The summed E-state index contributed by atoms with van der Waals surface area (Å²) in [6, 6.07) is 0.263. The Kier molecular flexibility index (Phi) is 7.30. The third kappa shape index (κ3) is 5.29. The maximum Gasteiger partial charge on any atom is 0.223 e. The Hall–Kier alpha value is -0.810. The summed E-state index contributed by atoms with van der Waals surface area (Å²) < 4.78 is 0. The second kappa shape index (κ2) is 8.47. The highest BCUT2D eigenvalue weighted by molar-refractivity contribution is 5.85. The van der Waals surface area contributed by atoms with E-state index in [1.54, 1.807) is 0 Å². The first-order valence-electron chi connectivity index (χ1n) is 7.48. The summed E-state index contributed by atoms with van der Waals surface area (Å²) >= 11 is 0. The van der Waals surface area contributed by atoms with E-state index < -0.39 is 0 Å². The number of carbonyl (C=O) groups is 2. The molecule has 0 radical (unpaired) electrons. The average Bonchev–Trinajstić information content (AvgIpc) is 3.16. The Balaban J connectivity index is 0.00000200. The van der Waals surface area contributed by atoms with E-state index in [-0.39, 0.29) is 36.2 Å². The van der Waals surface area contributed by atoms with E-state index in [0.717, 1.165) is 32.1 Å². The Labute approximate surface area is 126 Å². The van der Waals surface area contributed by atoms with Crippen LogP contribution >= 0.6 is 12.4 Å². The first-order valence-corrected chi connectivity index (χ1v) is 7.48. The fraction of sp³-hybridized carbons (Fsp3) is 0.857. The first kappa shape index (κ1) is 17.2. The van der Waals surface area contributed by atoms with Crippen LogP contribution in [-0.4, -0.2) is 30.9 Å². The van der Waals surface area contributed by atoms with Crippen molar-refractivity contribution in [1.82, 2.24) is 10.6 Å². The van der Waals surface area contributed by atoms with Crippen LogP contribution in [0.4, 0.5) is 0 Å². The number of carbonyl (C=O) groups excluding carboxylic acids is 2. The van der Waals surface area contributed by atoms with Crippen molar-refractivity contribution >= 4 is 24.2 Å². The number of rotatable bonds is 7. The van der Waals surface area contributed by atoms with E-state index in [2.05, 4.69) is 10.6 Å². The molecule has 0 aliphatic heterocycles. The lowest BCUT2D eigenvalue weighted by molar-refractivity contribution is -0.124. The van der Waals surface area contributed by atoms with Crippen molar-refractivity contribution in [2.45, 2.75) is 51.0 Å². The second-order valence-corrected chi connectivity index (χ2v) is 5.77. The van der Waals surface area contributed by atoms with Gasteiger partial charge in [0.1, 0.15) is 0 Å². The summed E-state index contributed by atoms with van der Waals surface area (Å²) in [6.07, 6.45) is 6.57. The average molecular weight is 304 g/mol. The molecule has 2 saturated carbocycles. The largest absolute Gasteiger partial charge is 0.356 e. The summed E-state index contributed by atoms with van der Waals surface area (Å²) in [4.78, 5) is 23.2. The van der Waals surface area contributed by atoms with E-state index in [1.807, 2.05) is 0 Å². The maximum absolute atomic E-state index is 11.8. The Bertz CT molecular complexity index is 334. The van der Waals surface area contributed by atoms with Crippen LogP contribution in [0.1, 0.15) is 44.9 Å². The van der Waals surface area contributed by atoms with Crippen molar-refractivity contribution in [2.24, 2.45) is 17.6 Å². The van der Waals surface area contributed by atoms with E-state index in [4.69, 9.17) is 5.73 Å². The van der Waals surface area contributed by atoms with Crippen molar-refractivity contribution in [3.05, 3.63) is 0 Å². The lowest BCUT2D eigenvalue weighted by Gasteiger charge is -2.19. The molecule has 20 heavy (non-hydrogen) atoms. The van der Waals surface area contributed by atoms with E-state index in [1.165, 1.54) is 0 Å². The molecule has 2 fully saturated rings. The topological polar surface area (TPSA) is 84.2 Å². The molecule has 2 aliphatic rings. The number of amides is 2. The van der Waals surface area contributed by atoms with Crippen LogP contribution in [0.5, 0.6) is 0 Å². The predicted molar refractivity (Wildman–Crippen MR) is 80.5 cm³/mol. The molecule has 2 aliphatic carbocycles. The molecule has 5 nitrogen and oxygen atoms in total. The third-order valence-corrected chi connectivity index (χ3v) is 4.14. The molecule has 0 bridgehead atoms. The quantitative estimate of drug-likeness (QED) is 0.612. The molecule has 0 aromatic rings. The van der Waals surface area contributed by atoms with Crippen LogP contribution in [0.2, 0.25) is 0 Å². The molecule has 0 heterocycles. The molecule has 116 valence electrons. The monoisotopic (exact) mass is 303 g/mol. The SMILES string of the molecule is Cl.NCC1CCCC1NC(=O)CCCNC(=O)C1CC1. The minimum Gasteiger partial charge on any atom is -0.356 e. The van der Waals surface area contributed by atoms with Gasteiger partial charge in [0.15, 0.2) is 0 Å². The molecule has 0 spiro atoms. The number of hydrogen-bond acceptors (Lipinski definition) is 3. The molecular weight excluding hydrogens is 278 g/mol. The zero-order valence-corrected chi connectivity index (χ0v) is 12.7. The number of nitrogens with two attached hydrogens (primary N) is 1. The first-order chi connectivity index (χ1) is 9.20.